The first-order valence-electron chi connectivity index (χ1n) is 6.61. The zero-order chi connectivity index (χ0) is 15.8. The number of rotatable bonds is 5. The van der Waals surface area contributed by atoms with Crippen LogP contribution >= 0.6 is 15.9 Å². The number of hydrogen-bond acceptors (Lipinski definition) is 4. The molecule has 1 aromatic carbocycles. The van der Waals surface area contributed by atoms with Crippen LogP contribution in [-0.4, -0.2) is 34.8 Å². The molecule has 1 aliphatic rings. The predicted molar refractivity (Wildman–Crippen MR) is 84.0 cm³/mol. The molecule has 5 nitrogen and oxygen atoms in total. The SMILES string of the molecule is COc1ccc(Br)cc1S(=O)(=O)NC1CC(OC)C1(C)C. The van der Waals surface area contributed by atoms with Crippen molar-refractivity contribution in [2.75, 3.05) is 14.2 Å². The Morgan fingerprint density at radius 3 is 2.52 bits per heavy atom. The van der Waals surface area contributed by atoms with E-state index in [1.807, 2.05) is 13.8 Å². The Balaban J connectivity index is 2.26. The molecule has 21 heavy (non-hydrogen) atoms. The standard InChI is InChI=1S/C14H20BrNO4S/c1-14(2)12(8-13(14)20-4)16-21(17,18)11-7-9(15)5-6-10(11)19-3/h5-7,12-13,16H,8H2,1-4H3. The van der Waals surface area contributed by atoms with Crippen LogP contribution in [0.15, 0.2) is 27.6 Å². The second-order valence-corrected chi connectivity index (χ2v) is 8.35. The van der Waals surface area contributed by atoms with Crippen LogP contribution in [0.25, 0.3) is 0 Å². The lowest BCUT2D eigenvalue weighted by molar-refractivity contribution is -0.0908. The van der Waals surface area contributed by atoms with Crippen LogP contribution in [0.4, 0.5) is 0 Å². The van der Waals surface area contributed by atoms with Gasteiger partial charge in [0.2, 0.25) is 10.0 Å². The van der Waals surface area contributed by atoms with Gasteiger partial charge in [0, 0.05) is 23.0 Å². The molecule has 0 amide bonds. The third-order valence-electron chi connectivity index (χ3n) is 4.17. The van der Waals surface area contributed by atoms with E-state index < -0.39 is 10.0 Å². The fraction of sp³-hybridized carbons (Fsp3) is 0.571. The maximum Gasteiger partial charge on any atom is 0.244 e. The van der Waals surface area contributed by atoms with Gasteiger partial charge in [-0.25, -0.2) is 13.1 Å². The van der Waals surface area contributed by atoms with Crippen molar-refractivity contribution >= 4 is 26.0 Å². The number of benzene rings is 1. The molecule has 0 saturated heterocycles. The predicted octanol–water partition coefficient (Wildman–Crippen LogP) is 2.55. The van der Waals surface area contributed by atoms with Gasteiger partial charge in [-0.2, -0.15) is 0 Å². The third kappa shape index (κ3) is 3.11. The van der Waals surface area contributed by atoms with Crippen LogP contribution in [-0.2, 0) is 14.8 Å². The van der Waals surface area contributed by atoms with Gasteiger partial charge in [-0.3, -0.25) is 0 Å². The first-order valence-corrected chi connectivity index (χ1v) is 8.88. The Kier molecular flexibility index (Phi) is 4.68. The van der Waals surface area contributed by atoms with E-state index in [0.29, 0.717) is 16.6 Å². The highest BCUT2D eigenvalue weighted by Gasteiger charge is 2.50. The molecule has 0 radical (unpaired) electrons. The van der Waals surface area contributed by atoms with E-state index >= 15 is 0 Å². The van der Waals surface area contributed by atoms with Crippen molar-refractivity contribution in [3.8, 4) is 5.75 Å². The topological polar surface area (TPSA) is 64.6 Å². The number of methoxy groups -OCH3 is 2. The smallest absolute Gasteiger partial charge is 0.244 e. The molecule has 0 aromatic heterocycles. The lowest BCUT2D eigenvalue weighted by atomic mass is 9.65. The summed E-state index contributed by atoms with van der Waals surface area (Å²) in [6, 6.07) is 4.76. The molecule has 2 unspecified atom stereocenters. The van der Waals surface area contributed by atoms with Gasteiger partial charge in [-0.05, 0) is 24.6 Å². The van der Waals surface area contributed by atoms with Crippen molar-refractivity contribution < 1.29 is 17.9 Å². The van der Waals surface area contributed by atoms with Crippen molar-refractivity contribution in [1.82, 2.24) is 4.72 Å². The molecular formula is C14H20BrNO4S. The Hall–Kier alpha value is -0.630. The number of ether oxygens (including phenoxy) is 2. The van der Waals surface area contributed by atoms with Crippen molar-refractivity contribution in [3.63, 3.8) is 0 Å². The number of nitrogens with one attached hydrogen (secondary N) is 1. The molecule has 0 heterocycles. The number of halogens is 1. The summed E-state index contributed by atoms with van der Waals surface area (Å²) >= 11 is 3.29. The minimum Gasteiger partial charge on any atom is -0.495 e. The second kappa shape index (κ2) is 5.87. The molecule has 0 bridgehead atoms. The van der Waals surface area contributed by atoms with Gasteiger partial charge in [-0.15, -0.1) is 0 Å². The van der Waals surface area contributed by atoms with E-state index in [4.69, 9.17) is 9.47 Å². The van der Waals surface area contributed by atoms with Crippen LogP contribution in [0.3, 0.4) is 0 Å². The average Bonchev–Trinajstić information content (AvgIpc) is 2.43. The van der Waals surface area contributed by atoms with Crippen molar-refractivity contribution in [2.24, 2.45) is 5.41 Å². The lowest BCUT2D eigenvalue weighted by Gasteiger charge is -2.50. The molecule has 1 N–H and O–H groups in total. The zero-order valence-electron chi connectivity index (χ0n) is 12.5. The van der Waals surface area contributed by atoms with Gasteiger partial charge >= 0.3 is 0 Å². The molecular weight excluding hydrogens is 358 g/mol. The molecule has 1 aliphatic carbocycles. The molecule has 1 saturated carbocycles. The molecule has 0 aliphatic heterocycles. The highest BCUT2D eigenvalue weighted by atomic mass is 79.9. The van der Waals surface area contributed by atoms with E-state index in [9.17, 15) is 8.42 Å². The molecule has 0 spiro atoms. The number of hydrogen-bond donors (Lipinski definition) is 1. The van der Waals surface area contributed by atoms with E-state index in [1.165, 1.54) is 7.11 Å². The molecule has 2 rings (SSSR count). The van der Waals surface area contributed by atoms with Crippen LogP contribution < -0.4 is 9.46 Å². The van der Waals surface area contributed by atoms with Crippen molar-refractivity contribution in [3.05, 3.63) is 22.7 Å². The largest absolute Gasteiger partial charge is 0.495 e. The fourth-order valence-electron chi connectivity index (χ4n) is 2.60. The van der Waals surface area contributed by atoms with Crippen LogP contribution in [0.1, 0.15) is 20.3 Å². The second-order valence-electron chi connectivity index (χ2n) is 5.75. The van der Waals surface area contributed by atoms with Gasteiger partial charge in [0.15, 0.2) is 0 Å². The molecule has 2 atom stereocenters. The molecule has 118 valence electrons. The molecule has 1 aromatic rings. The normalized spacial score (nSPS) is 24.4. The summed E-state index contributed by atoms with van der Waals surface area (Å²) < 4.78 is 39.1. The Morgan fingerprint density at radius 1 is 1.33 bits per heavy atom. The monoisotopic (exact) mass is 377 g/mol. The van der Waals surface area contributed by atoms with Gasteiger partial charge in [0.05, 0.1) is 13.2 Å². The van der Waals surface area contributed by atoms with Crippen molar-refractivity contribution in [2.45, 2.75) is 37.3 Å². The molecule has 1 fully saturated rings. The quantitative estimate of drug-likeness (QED) is 0.856. The van der Waals surface area contributed by atoms with Gasteiger partial charge < -0.3 is 9.47 Å². The lowest BCUT2D eigenvalue weighted by Crippen LogP contribution is -2.61. The summed E-state index contributed by atoms with van der Waals surface area (Å²) in [5, 5.41) is 0. The van der Waals surface area contributed by atoms with Gasteiger partial charge in [0.1, 0.15) is 10.6 Å². The summed E-state index contributed by atoms with van der Waals surface area (Å²) in [7, 11) is -0.547. The maximum atomic E-state index is 12.6. The maximum absolute atomic E-state index is 12.6. The van der Waals surface area contributed by atoms with Crippen molar-refractivity contribution in [1.29, 1.82) is 0 Å². The average molecular weight is 378 g/mol. The highest BCUT2D eigenvalue weighted by molar-refractivity contribution is 9.10. The summed E-state index contributed by atoms with van der Waals surface area (Å²) in [6.07, 6.45) is 0.730. The highest BCUT2D eigenvalue weighted by Crippen LogP contribution is 2.43. The Bertz CT molecular complexity index is 630. The minimum atomic E-state index is -3.65. The summed E-state index contributed by atoms with van der Waals surface area (Å²) in [5.74, 6) is 0.325. The minimum absolute atomic E-state index is 0.0644. The van der Waals surface area contributed by atoms with E-state index in [2.05, 4.69) is 20.7 Å². The van der Waals surface area contributed by atoms with E-state index in [1.54, 1.807) is 25.3 Å². The Morgan fingerprint density at radius 2 is 2.00 bits per heavy atom. The summed E-state index contributed by atoms with van der Waals surface area (Å²) in [6.45, 7) is 3.99. The van der Waals surface area contributed by atoms with Crippen LogP contribution in [0.2, 0.25) is 0 Å². The number of sulfonamides is 1. The van der Waals surface area contributed by atoms with Gasteiger partial charge in [-0.1, -0.05) is 29.8 Å². The van der Waals surface area contributed by atoms with E-state index in [0.717, 1.165) is 0 Å². The first-order chi connectivity index (χ1) is 9.72. The van der Waals surface area contributed by atoms with Gasteiger partial charge in [0.25, 0.3) is 0 Å². The van der Waals surface area contributed by atoms with Crippen LogP contribution in [0.5, 0.6) is 5.75 Å². The van der Waals surface area contributed by atoms with E-state index in [-0.39, 0.29) is 22.5 Å². The first kappa shape index (κ1) is 16.7. The zero-order valence-corrected chi connectivity index (χ0v) is 14.9. The fourth-order valence-corrected chi connectivity index (χ4v) is 4.71. The summed E-state index contributed by atoms with van der Waals surface area (Å²) in [5.41, 5.74) is -0.235. The summed E-state index contributed by atoms with van der Waals surface area (Å²) in [4.78, 5) is 0.135. The third-order valence-corrected chi connectivity index (χ3v) is 6.16. The molecule has 7 heteroatoms. The Labute approximate surface area is 134 Å². The van der Waals surface area contributed by atoms with Crippen LogP contribution in [0, 0.1) is 5.41 Å².